The lowest BCUT2D eigenvalue weighted by molar-refractivity contribution is 0.0448. The molecule has 1 aliphatic rings. The molecule has 3 rings (SSSR count). The van der Waals surface area contributed by atoms with Gasteiger partial charge < -0.3 is 10.0 Å². The summed E-state index contributed by atoms with van der Waals surface area (Å²) in [6.45, 7) is 2.87. The number of hydrogen-bond donors (Lipinski definition) is 1. The molecule has 2 aromatic rings. The van der Waals surface area contributed by atoms with Gasteiger partial charge in [-0.2, -0.15) is 4.98 Å². The lowest BCUT2D eigenvalue weighted by Gasteiger charge is -2.37. The van der Waals surface area contributed by atoms with E-state index in [4.69, 9.17) is 23.2 Å². The molecule has 1 aromatic heterocycles. The minimum absolute atomic E-state index is 0.0409. The number of hydrogen-bond acceptors (Lipinski definition) is 4. The van der Waals surface area contributed by atoms with E-state index in [-0.39, 0.29) is 20.3 Å². The smallest absolute Gasteiger partial charge is 0.225 e. The SMILES string of the molecule is CC1(O)CCCN(c2nc(Cl)nc3c(F)c(Br)c(Cl)cc23)C1. The zero-order chi connectivity index (χ0) is 16.1. The van der Waals surface area contributed by atoms with E-state index in [9.17, 15) is 9.50 Å². The summed E-state index contributed by atoms with van der Waals surface area (Å²) in [5.41, 5.74) is -0.712. The highest BCUT2D eigenvalue weighted by Crippen LogP contribution is 2.37. The summed E-state index contributed by atoms with van der Waals surface area (Å²) >= 11 is 15.1. The van der Waals surface area contributed by atoms with Crippen LogP contribution in [0.4, 0.5) is 10.2 Å². The molecule has 1 N–H and O–H groups in total. The summed E-state index contributed by atoms with van der Waals surface area (Å²) in [6.07, 6.45) is 1.52. The third-order valence-corrected chi connectivity index (χ3v) is 5.22. The van der Waals surface area contributed by atoms with Crippen LogP contribution in [-0.4, -0.2) is 33.8 Å². The van der Waals surface area contributed by atoms with E-state index in [1.807, 2.05) is 4.90 Å². The van der Waals surface area contributed by atoms with Crippen LogP contribution in [0.3, 0.4) is 0 Å². The number of nitrogens with zero attached hydrogens (tertiary/aromatic N) is 3. The summed E-state index contributed by atoms with van der Waals surface area (Å²) in [4.78, 5) is 10.1. The molecule has 0 spiro atoms. The zero-order valence-corrected chi connectivity index (χ0v) is 14.8. The highest BCUT2D eigenvalue weighted by atomic mass is 79.9. The van der Waals surface area contributed by atoms with E-state index in [2.05, 4.69) is 25.9 Å². The van der Waals surface area contributed by atoms with Crippen LogP contribution < -0.4 is 4.90 Å². The topological polar surface area (TPSA) is 49.2 Å². The molecule has 8 heteroatoms. The normalized spacial score (nSPS) is 22.4. The summed E-state index contributed by atoms with van der Waals surface area (Å²) < 4.78 is 14.5. The minimum Gasteiger partial charge on any atom is -0.388 e. The van der Waals surface area contributed by atoms with Gasteiger partial charge >= 0.3 is 0 Å². The summed E-state index contributed by atoms with van der Waals surface area (Å²) in [6, 6.07) is 1.61. The lowest BCUT2D eigenvalue weighted by Crippen LogP contribution is -2.46. The number of benzene rings is 1. The molecule has 0 bridgehead atoms. The van der Waals surface area contributed by atoms with Crippen molar-refractivity contribution in [1.29, 1.82) is 0 Å². The van der Waals surface area contributed by atoms with Crippen molar-refractivity contribution in [3.05, 3.63) is 26.7 Å². The van der Waals surface area contributed by atoms with Crippen molar-refractivity contribution >= 4 is 55.9 Å². The molecule has 118 valence electrons. The number of anilines is 1. The predicted octanol–water partition coefficient (Wildman–Crippen LogP) is 4.19. The second-order valence-electron chi connectivity index (χ2n) is 5.72. The number of rotatable bonds is 1. The van der Waals surface area contributed by atoms with Crippen LogP contribution >= 0.6 is 39.1 Å². The molecule has 1 atom stereocenters. The van der Waals surface area contributed by atoms with E-state index >= 15 is 0 Å². The molecule has 0 aliphatic carbocycles. The van der Waals surface area contributed by atoms with Crippen LogP contribution in [0.15, 0.2) is 10.5 Å². The Kier molecular flexibility index (Phi) is 4.22. The molecule has 0 amide bonds. The van der Waals surface area contributed by atoms with Gasteiger partial charge in [0.1, 0.15) is 11.3 Å². The van der Waals surface area contributed by atoms with E-state index in [1.165, 1.54) is 0 Å². The summed E-state index contributed by atoms with van der Waals surface area (Å²) in [5, 5.41) is 11.0. The summed E-state index contributed by atoms with van der Waals surface area (Å²) in [5.74, 6) is -0.0832. The van der Waals surface area contributed by atoms with Gasteiger partial charge in [0.25, 0.3) is 0 Å². The van der Waals surface area contributed by atoms with Gasteiger partial charge in [-0.25, -0.2) is 9.37 Å². The average molecular weight is 409 g/mol. The van der Waals surface area contributed by atoms with E-state index in [0.717, 1.165) is 6.42 Å². The maximum atomic E-state index is 14.4. The Morgan fingerprint density at radius 2 is 2.14 bits per heavy atom. The first-order valence-corrected chi connectivity index (χ1v) is 8.31. The van der Waals surface area contributed by atoms with Gasteiger partial charge in [0.15, 0.2) is 5.82 Å². The lowest BCUT2D eigenvalue weighted by atomic mass is 9.95. The van der Waals surface area contributed by atoms with Crippen molar-refractivity contribution in [1.82, 2.24) is 9.97 Å². The third-order valence-electron chi connectivity index (χ3n) is 3.75. The van der Waals surface area contributed by atoms with Crippen LogP contribution in [-0.2, 0) is 0 Å². The van der Waals surface area contributed by atoms with Crippen LogP contribution in [0, 0.1) is 5.82 Å². The fourth-order valence-electron chi connectivity index (χ4n) is 2.77. The van der Waals surface area contributed by atoms with Crippen molar-refractivity contribution in [3.63, 3.8) is 0 Å². The van der Waals surface area contributed by atoms with Crippen LogP contribution in [0.5, 0.6) is 0 Å². The van der Waals surface area contributed by atoms with Gasteiger partial charge in [-0.05, 0) is 53.4 Å². The Bertz CT molecular complexity index is 757. The monoisotopic (exact) mass is 407 g/mol. The number of β-amino-alcohol motifs (C(OH)–C–C–N with tert-alkyl or cyclic N) is 1. The minimum atomic E-state index is -0.820. The molecule has 1 saturated heterocycles. The van der Waals surface area contributed by atoms with Crippen molar-refractivity contribution in [2.24, 2.45) is 0 Å². The standard InChI is InChI=1S/C14H13BrCl2FN3O/c1-14(22)3-2-4-21(6-14)12-7-5-8(16)9(15)10(18)11(7)19-13(17)20-12/h5,22H,2-4,6H2,1H3. The van der Waals surface area contributed by atoms with Crippen LogP contribution in [0.25, 0.3) is 10.9 Å². The van der Waals surface area contributed by atoms with Crippen molar-refractivity contribution in [3.8, 4) is 0 Å². The van der Waals surface area contributed by atoms with Crippen molar-refractivity contribution in [2.75, 3.05) is 18.0 Å². The zero-order valence-electron chi connectivity index (χ0n) is 11.7. The predicted molar refractivity (Wildman–Crippen MR) is 89.3 cm³/mol. The molecule has 1 unspecified atom stereocenters. The van der Waals surface area contributed by atoms with E-state index < -0.39 is 11.4 Å². The highest BCUT2D eigenvalue weighted by Gasteiger charge is 2.30. The number of aliphatic hydroxyl groups is 1. The maximum Gasteiger partial charge on any atom is 0.225 e. The Balaban J connectivity index is 2.21. The molecule has 4 nitrogen and oxygen atoms in total. The molecule has 1 aliphatic heterocycles. The van der Waals surface area contributed by atoms with Crippen LogP contribution in [0.1, 0.15) is 19.8 Å². The number of fused-ring (bicyclic) bond motifs is 1. The van der Waals surface area contributed by atoms with Gasteiger partial charge in [0.05, 0.1) is 15.1 Å². The maximum absolute atomic E-state index is 14.4. The Labute approximate surface area is 145 Å². The second kappa shape index (κ2) is 5.74. The van der Waals surface area contributed by atoms with Gasteiger partial charge in [-0.3, -0.25) is 0 Å². The first-order chi connectivity index (χ1) is 10.3. The third kappa shape index (κ3) is 2.89. The fraction of sp³-hybridized carbons (Fsp3) is 0.429. The first-order valence-electron chi connectivity index (χ1n) is 6.76. The van der Waals surface area contributed by atoms with Crippen LogP contribution in [0.2, 0.25) is 10.3 Å². The second-order valence-corrected chi connectivity index (χ2v) is 7.26. The molecule has 0 saturated carbocycles. The highest BCUT2D eigenvalue weighted by molar-refractivity contribution is 9.10. The van der Waals surface area contributed by atoms with E-state index in [1.54, 1.807) is 13.0 Å². The van der Waals surface area contributed by atoms with Gasteiger partial charge in [0.2, 0.25) is 5.28 Å². The quantitative estimate of drug-likeness (QED) is 0.567. The molecule has 1 aromatic carbocycles. The van der Waals surface area contributed by atoms with Gasteiger partial charge in [0, 0.05) is 18.5 Å². The van der Waals surface area contributed by atoms with E-state index in [0.29, 0.717) is 30.7 Å². The number of halogens is 4. The largest absolute Gasteiger partial charge is 0.388 e. The average Bonchev–Trinajstić information content (AvgIpc) is 2.44. The Morgan fingerprint density at radius 3 is 2.82 bits per heavy atom. The Hall–Kier alpha value is -0.690. The van der Waals surface area contributed by atoms with Crippen molar-refractivity contribution in [2.45, 2.75) is 25.4 Å². The molecule has 22 heavy (non-hydrogen) atoms. The Morgan fingerprint density at radius 1 is 1.41 bits per heavy atom. The molecule has 2 heterocycles. The number of aromatic nitrogens is 2. The molecule has 1 fully saturated rings. The van der Waals surface area contributed by atoms with Gasteiger partial charge in [-0.15, -0.1) is 0 Å². The summed E-state index contributed by atoms with van der Waals surface area (Å²) in [7, 11) is 0. The molecule has 0 radical (unpaired) electrons. The number of piperidine rings is 1. The molecular weight excluding hydrogens is 396 g/mol. The van der Waals surface area contributed by atoms with Crippen molar-refractivity contribution < 1.29 is 9.50 Å². The fourth-order valence-corrected chi connectivity index (χ4v) is 3.43. The van der Waals surface area contributed by atoms with Gasteiger partial charge in [-0.1, -0.05) is 11.6 Å². The molecular formula is C14H13BrCl2FN3O. The first kappa shape index (κ1) is 16.2.